The van der Waals surface area contributed by atoms with Crippen LogP contribution in [0.2, 0.25) is 0 Å². The maximum atomic E-state index is 12.8. The van der Waals surface area contributed by atoms with Gasteiger partial charge in [0.2, 0.25) is 0 Å². The van der Waals surface area contributed by atoms with E-state index in [1.165, 1.54) is 17.3 Å². The maximum absolute atomic E-state index is 12.8. The van der Waals surface area contributed by atoms with E-state index in [2.05, 4.69) is 32.4 Å². The lowest BCUT2D eigenvalue weighted by Crippen LogP contribution is -2.36. The molecule has 6 heteroatoms. The molecule has 4 aromatic rings. The fourth-order valence-electron chi connectivity index (χ4n) is 3.68. The molecule has 0 bridgehead atoms. The van der Waals surface area contributed by atoms with Crippen LogP contribution in [0.3, 0.4) is 0 Å². The van der Waals surface area contributed by atoms with E-state index >= 15 is 0 Å². The molecule has 1 aliphatic heterocycles. The minimum Gasteiger partial charge on any atom is -0.337 e. The van der Waals surface area contributed by atoms with Crippen molar-refractivity contribution < 1.29 is 4.79 Å². The number of carbonyl (C=O) groups excluding carboxylic acids is 1. The van der Waals surface area contributed by atoms with Crippen LogP contribution in [0.5, 0.6) is 0 Å². The Morgan fingerprint density at radius 3 is 2.62 bits per heavy atom. The summed E-state index contributed by atoms with van der Waals surface area (Å²) in [5, 5.41) is 4.29. The van der Waals surface area contributed by atoms with Crippen molar-refractivity contribution in [1.82, 2.24) is 19.9 Å². The lowest BCUT2D eigenvalue weighted by atomic mass is 10.00. The van der Waals surface area contributed by atoms with Crippen LogP contribution < -0.4 is 5.32 Å². The van der Waals surface area contributed by atoms with E-state index in [1.807, 2.05) is 47.4 Å². The Hall–Kier alpha value is -3.80. The number of carbonyl (C=O) groups is 1. The van der Waals surface area contributed by atoms with Crippen molar-refractivity contribution in [3.63, 3.8) is 0 Å². The van der Waals surface area contributed by atoms with Crippen LogP contribution in [-0.2, 0) is 13.0 Å². The van der Waals surface area contributed by atoms with Gasteiger partial charge >= 0.3 is 0 Å². The van der Waals surface area contributed by atoms with Crippen LogP contribution in [0.25, 0.3) is 10.9 Å². The Bertz CT molecular complexity index is 1180. The fraction of sp³-hybridized carbons (Fsp3) is 0.130. The average Bonchev–Trinajstić information content (AvgIpc) is 2.79. The van der Waals surface area contributed by atoms with Crippen LogP contribution in [0.1, 0.15) is 21.6 Å². The van der Waals surface area contributed by atoms with Gasteiger partial charge in [0.25, 0.3) is 5.91 Å². The number of pyridine rings is 1. The van der Waals surface area contributed by atoms with Gasteiger partial charge < -0.3 is 10.2 Å². The molecule has 3 heterocycles. The van der Waals surface area contributed by atoms with Crippen molar-refractivity contribution >= 4 is 28.3 Å². The highest BCUT2D eigenvalue weighted by molar-refractivity contribution is 5.93. The van der Waals surface area contributed by atoms with E-state index in [0.29, 0.717) is 24.6 Å². The molecular weight excluding hydrogens is 362 g/mol. The van der Waals surface area contributed by atoms with Gasteiger partial charge in [-0.3, -0.25) is 9.78 Å². The Morgan fingerprint density at radius 1 is 0.897 bits per heavy atom. The van der Waals surface area contributed by atoms with Crippen molar-refractivity contribution in [2.45, 2.75) is 13.0 Å². The second kappa shape index (κ2) is 7.31. The van der Waals surface area contributed by atoms with Gasteiger partial charge in [-0.2, -0.15) is 0 Å². The Morgan fingerprint density at radius 2 is 1.76 bits per heavy atom. The molecule has 1 aliphatic rings. The summed E-state index contributed by atoms with van der Waals surface area (Å²) in [5.74, 6) is 0.481. The highest BCUT2D eigenvalue weighted by Gasteiger charge is 2.22. The summed E-state index contributed by atoms with van der Waals surface area (Å²) >= 11 is 0. The number of amides is 1. The Labute approximate surface area is 168 Å². The van der Waals surface area contributed by atoms with E-state index in [1.54, 1.807) is 12.4 Å². The Balaban J connectivity index is 1.33. The summed E-state index contributed by atoms with van der Waals surface area (Å²) in [6, 6.07) is 18.1. The molecule has 2 aromatic heterocycles. The molecule has 0 unspecified atom stereocenters. The molecule has 0 fully saturated rings. The lowest BCUT2D eigenvalue weighted by molar-refractivity contribution is 0.0728. The number of hydrogen-bond donors (Lipinski definition) is 1. The quantitative estimate of drug-likeness (QED) is 0.581. The van der Waals surface area contributed by atoms with E-state index < -0.39 is 0 Å². The SMILES string of the molecule is O=C(c1cnc(Nc2cccc3cccnc23)cn1)N1CCc2ccccc2C1. The largest absolute Gasteiger partial charge is 0.337 e. The van der Waals surface area contributed by atoms with Crippen LogP contribution in [0, 0.1) is 0 Å². The van der Waals surface area contributed by atoms with Gasteiger partial charge in [0.15, 0.2) is 0 Å². The third-order valence-electron chi connectivity index (χ3n) is 5.18. The lowest BCUT2D eigenvalue weighted by Gasteiger charge is -2.28. The molecule has 0 atom stereocenters. The number of nitrogens with one attached hydrogen (secondary N) is 1. The summed E-state index contributed by atoms with van der Waals surface area (Å²) < 4.78 is 0. The first kappa shape index (κ1) is 17.3. The molecule has 1 amide bonds. The second-order valence-corrected chi connectivity index (χ2v) is 7.04. The van der Waals surface area contributed by atoms with Gasteiger partial charge in [-0.25, -0.2) is 9.97 Å². The van der Waals surface area contributed by atoms with E-state index in [9.17, 15) is 4.79 Å². The topological polar surface area (TPSA) is 71.0 Å². The summed E-state index contributed by atoms with van der Waals surface area (Å²) in [6.07, 6.45) is 5.75. The predicted molar refractivity (Wildman–Crippen MR) is 112 cm³/mol. The van der Waals surface area contributed by atoms with E-state index in [0.717, 1.165) is 23.0 Å². The number of anilines is 2. The number of aromatic nitrogens is 3. The predicted octanol–water partition coefficient (Wildman–Crippen LogP) is 3.97. The van der Waals surface area contributed by atoms with Crippen molar-refractivity contribution in [2.75, 3.05) is 11.9 Å². The number of rotatable bonds is 3. The van der Waals surface area contributed by atoms with Gasteiger partial charge in [-0.05, 0) is 29.7 Å². The molecule has 29 heavy (non-hydrogen) atoms. The standard InChI is InChI=1S/C23H19N5O/c29-23(28-12-10-16-5-1-2-6-18(16)15-28)20-13-26-21(14-25-20)27-19-9-3-7-17-8-4-11-24-22(17)19/h1-9,11,13-14H,10,12,15H2,(H,26,27). The molecule has 0 aliphatic carbocycles. The van der Waals surface area contributed by atoms with Crippen LogP contribution in [-0.4, -0.2) is 32.3 Å². The summed E-state index contributed by atoms with van der Waals surface area (Å²) in [6.45, 7) is 1.30. The second-order valence-electron chi connectivity index (χ2n) is 7.04. The first-order valence-electron chi connectivity index (χ1n) is 9.57. The van der Waals surface area contributed by atoms with Crippen LogP contribution in [0.4, 0.5) is 11.5 Å². The van der Waals surface area contributed by atoms with Gasteiger partial charge in [0, 0.05) is 24.7 Å². The number of fused-ring (bicyclic) bond motifs is 2. The normalized spacial score (nSPS) is 13.2. The first-order chi connectivity index (χ1) is 14.3. The highest BCUT2D eigenvalue weighted by atomic mass is 16.2. The highest BCUT2D eigenvalue weighted by Crippen LogP contribution is 2.24. The van der Waals surface area contributed by atoms with Crippen molar-refractivity contribution in [3.8, 4) is 0 Å². The molecule has 0 saturated carbocycles. The summed E-state index contributed by atoms with van der Waals surface area (Å²) in [5.41, 5.74) is 4.58. The maximum Gasteiger partial charge on any atom is 0.274 e. The molecule has 0 radical (unpaired) electrons. The molecule has 142 valence electrons. The number of para-hydroxylation sites is 1. The Kier molecular flexibility index (Phi) is 4.37. The number of nitrogens with zero attached hydrogens (tertiary/aromatic N) is 4. The molecular formula is C23H19N5O. The van der Waals surface area contributed by atoms with Crippen molar-refractivity contribution in [2.24, 2.45) is 0 Å². The summed E-state index contributed by atoms with van der Waals surface area (Å²) in [4.78, 5) is 27.8. The van der Waals surface area contributed by atoms with Crippen molar-refractivity contribution in [3.05, 3.63) is 90.0 Å². The minimum absolute atomic E-state index is 0.0922. The molecule has 1 N–H and O–H groups in total. The monoisotopic (exact) mass is 381 g/mol. The van der Waals surface area contributed by atoms with Gasteiger partial charge in [0.1, 0.15) is 11.5 Å². The third kappa shape index (κ3) is 3.40. The molecule has 5 rings (SSSR count). The summed E-state index contributed by atoms with van der Waals surface area (Å²) in [7, 11) is 0. The minimum atomic E-state index is -0.0922. The van der Waals surface area contributed by atoms with E-state index in [-0.39, 0.29) is 5.91 Å². The molecule has 0 spiro atoms. The third-order valence-corrected chi connectivity index (χ3v) is 5.18. The molecule has 0 saturated heterocycles. The zero-order valence-electron chi connectivity index (χ0n) is 15.7. The molecule has 2 aromatic carbocycles. The van der Waals surface area contributed by atoms with Crippen LogP contribution in [0.15, 0.2) is 73.2 Å². The molecule has 6 nitrogen and oxygen atoms in total. The zero-order valence-corrected chi connectivity index (χ0v) is 15.7. The average molecular weight is 381 g/mol. The van der Waals surface area contributed by atoms with Crippen molar-refractivity contribution in [1.29, 1.82) is 0 Å². The van der Waals surface area contributed by atoms with Crippen LogP contribution >= 0.6 is 0 Å². The number of benzene rings is 2. The fourth-order valence-corrected chi connectivity index (χ4v) is 3.68. The van der Waals surface area contributed by atoms with Gasteiger partial charge in [0.05, 0.1) is 23.6 Å². The first-order valence-corrected chi connectivity index (χ1v) is 9.57. The zero-order chi connectivity index (χ0) is 19.6. The smallest absolute Gasteiger partial charge is 0.274 e. The van der Waals surface area contributed by atoms with Gasteiger partial charge in [-0.15, -0.1) is 0 Å². The van der Waals surface area contributed by atoms with Gasteiger partial charge in [-0.1, -0.05) is 42.5 Å². The van der Waals surface area contributed by atoms with E-state index in [4.69, 9.17) is 0 Å². The number of hydrogen-bond acceptors (Lipinski definition) is 5.